The maximum atomic E-state index is 11.3. The maximum absolute atomic E-state index is 11.3. The summed E-state index contributed by atoms with van der Waals surface area (Å²) in [5, 5.41) is 11.3. The van der Waals surface area contributed by atoms with Crippen molar-refractivity contribution >= 4 is 11.5 Å². The fourth-order valence-electron chi connectivity index (χ4n) is 2.98. The third kappa shape index (κ3) is 2.62. The summed E-state index contributed by atoms with van der Waals surface area (Å²) < 4.78 is 1.54. The van der Waals surface area contributed by atoms with E-state index in [1.54, 1.807) is 18.3 Å². The Hall–Kier alpha value is -1.99. The lowest BCUT2D eigenvalue weighted by Crippen LogP contribution is -2.29. The summed E-state index contributed by atoms with van der Waals surface area (Å²) in [5.41, 5.74) is 7.08. The van der Waals surface area contributed by atoms with E-state index in [-0.39, 0.29) is 16.8 Å². The molecular formula is C14H19N5O2. The molecule has 1 aliphatic rings. The van der Waals surface area contributed by atoms with Crippen molar-refractivity contribution in [1.82, 2.24) is 14.3 Å². The number of likely N-dealkylation sites (tertiary alicyclic amines) is 1. The van der Waals surface area contributed by atoms with E-state index < -0.39 is 0 Å². The van der Waals surface area contributed by atoms with Crippen LogP contribution in [-0.4, -0.2) is 38.3 Å². The quantitative estimate of drug-likeness (QED) is 0.679. The Morgan fingerprint density at radius 1 is 1.57 bits per heavy atom. The van der Waals surface area contributed by atoms with Crippen LogP contribution in [0.4, 0.5) is 5.82 Å². The number of fused-ring (bicyclic) bond motifs is 1. The van der Waals surface area contributed by atoms with Gasteiger partial charge in [-0.2, -0.15) is 4.40 Å². The molecule has 2 N–H and O–H groups in total. The first-order valence-corrected chi connectivity index (χ1v) is 7.14. The fourth-order valence-corrected chi connectivity index (χ4v) is 2.98. The van der Waals surface area contributed by atoms with Crippen molar-refractivity contribution in [2.24, 2.45) is 11.7 Å². The molecule has 1 fully saturated rings. The molecule has 7 nitrogen and oxygen atoms in total. The fraction of sp³-hybridized carbons (Fsp3) is 0.500. The highest BCUT2D eigenvalue weighted by Gasteiger charge is 2.29. The van der Waals surface area contributed by atoms with Crippen LogP contribution in [0, 0.1) is 16.0 Å². The molecular weight excluding hydrogens is 270 g/mol. The number of aromatic nitrogens is 2. The number of imidazole rings is 1. The van der Waals surface area contributed by atoms with Crippen LogP contribution in [-0.2, 0) is 6.54 Å². The zero-order valence-corrected chi connectivity index (χ0v) is 12.0. The van der Waals surface area contributed by atoms with E-state index in [2.05, 4.69) is 9.88 Å². The lowest BCUT2D eigenvalue weighted by molar-refractivity contribution is -0.391. The van der Waals surface area contributed by atoms with E-state index in [9.17, 15) is 10.1 Å². The van der Waals surface area contributed by atoms with Crippen LogP contribution in [0.2, 0.25) is 0 Å². The van der Waals surface area contributed by atoms with Gasteiger partial charge in [-0.3, -0.25) is 4.90 Å². The van der Waals surface area contributed by atoms with E-state index in [1.165, 1.54) is 4.40 Å². The van der Waals surface area contributed by atoms with Gasteiger partial charge in [-0.25, -0.2) is 4.98 Å². The number of pyridine rings is 1. The molecule has 0 spiro atoms. The Morgan fingerprint density at radius 3 is 3.05 bits per heavy atom. The smallest absolute Gasteiger partial charge is 0.352 e. The second-order valence-electron chi connectivity index (χ2n) is 5.71. The molecule has 0 amide bonds. The molecule has 0 saturated carbocycles. The van der Waals surface area contributed by atoms with Crippen molar-refractivity contribution in [2.45, 2.75) is 25.9 Å². The number of nitrogens with zero attached hydrogens (tertiary/aromatic N) is 4. The topological polar surface area (TPSA) is 89.7 Å². The lowest BCUT2D eigenvalue weighted by Gasteiger charge is -2.16. The van der Waals surface area contributed by atoms with E-state index >= 15 is 0 Å². The summed E-state index contributed by atoms with van der Waals surface area (Å²) in [6.45, 7) is 4.31. The largest absolute Gasteiger partial charge is 0.358 e. The van der Waals surface area contributed by atoms with Gasteiger partial charge in [0, 0.05) is 25.2 Å². The number of nitro groups is 1. The third-order valence-electron chi connectivity index (χ3n) is 4.17. The summed E-state index contributed by atoms with van der Waals surface area (Å²) >= 11 is 0. The predicted octanol–water partition coefficient (Wildman–Crippen LogP) is 1.41. The molecule has 2 atom stereocenters. The highest BCUT2D eigenvalue weighted by molar-refractivity contribution is 5.48. The van der Waals surface area contributed by atoms with Gasteiger partial charge >= 0.3 is 5.82 Å². The molecule has 1 aliphatic heterocycles. The summed E-state index contributed by atoms with van der Waals surface area (Å²) in [6, 6.07) is 5.54. The van der Waals surface area contributed by atoms with Crippen LogP contribution >= 0.6 is 0 Å². The monoisotopic (exact) mass is 289 g/mol. The number of hydrogen-bond donors (Lipinski definition) is 1. The van der Waals surface area contributed by atoms with Crippen molar-refractivity contribution in [3.63, 3.8) is 0 Å². The van der Waals surface area contributed by atoms with Gasteiger partial charge in [0.25, 0.3) is 0 Å². The third-order valence-corrected chi connectivity index (χ3v) is 4.17. The van der Waals surface area contributed by atoms with Gasteiger partial charge in [0.1, 0.15) is 0 Å². The first-order valence-electron chi connectivity index (χ1n) is 7.14. The number of hydrogen-bond acceptors (Lipinski definition) is 5. The summed E-state index contributed by atoms with van der Waals surface area (Å²) in [6.07, 6.45) is 2.72. The predicted molar refractivity (Wildman–Crippen MR) is 78.9 cm³/mol. The summed E-state index contributed by atoms with van der Waals surface area (Å²) in [7, 11) is 0. The Balaban J connectivity index is 1.87. The van der Waals surface area contributed by atoms with Crippen LogP contribution in [0.25, 0.3) is 5.65 Å². The SMILES string of the molecule is CC(N)C1CCN(Cc2nc3ccccn3c2[N+](=O)[O-])C1. The van der Waals surface area contributed by atoms with E-state index in [4.69, 9.17) is 5.73 Å². The molecule has 0 radical (unpaired) electrons. The number of rotatable bonds is 4. The summed E-state index contributed by atoms with van der Waals surface area (Å²) in [5.74, 6) is 0.524. The van der Waals surface area contributed by atoms with Gasteiger partial charge in [-0.05, 0) is 36.8 Å². The van der Waals surface area contributed by atoms with E-state index in [0.29, 0.717) is 23.8 Å². The normalized spacial score (nSPS) is 21.0. The Labute approximate surface area is 122 Å². The highest BCUT2D eigenvalue weighted by atomic mass is 16.6. The van der Waals surface area contributed by atoms with Crippen molar-refractivity contribution < 1.29 is 4.92 Å². The second kappa shape index (κ2) is 5.42. The van der Waals surface area contributed by atoms with Crippen molar-refractivity contribution in [3.8, 4) is 0 Å². The van der Waals surface area contributed by atoms with Gasteiger partial charge in [0.05, 0.1) is 6.20 Å². The Morgan fingerprint density at radius 2 is 2.38 bits per heavy atom. The van der Waals surface area contributed by atoms with E-state index in [0.717, 1.165) is 19.5 Å². The highest BCUT2D eigenvalue weighted by Crippen LogP contribution is 2.25. The minimum atomic E-state index is -0.353. The van der Waals surface area contributed by atoms with E-state index in [1.807, 2.05) is 13.0 Å². The van der Waals surface area contributed by atoms with Crippen LogP contribution < -0.4 is 5.73 Å². The second-order valence-corrected chi connectivity index (χ2v) is 5.71. The molecule has 2 aromatic heterocycles. The molecule has 0 bridgehead atoms. The zero-order valence-electron chi connectivity index (χ0n) is 12.0. The average molecular weight is 289 g/mol. The maximum Gasteiger partial charge on any atom is 0.352 e. The molecule has 3 heterocycles. The molecule has 2 aromatic rings. The van der Waals surface area contributed by atoms with Crippen LogP contribution in [0.1, 0.15) is 19.0 Å². The summed E-state index contributed by atoms with van der Waals surface area (Å²) in [4.78, 5) is 17.6. The number of nitrogens with two attached hydrogens (primary N) is 1. The Kier molecular flexibility index (Phi) is 3.60. The molecule has 1 saturated heterocycles. The van der Waals surface area contributed by atoms with Gasteiger partial charge in [-0.1, -0.05) is 6.07 Å². The first kappa shape index (κ1) is 14.0. The minimum Gasteiger partial charge on any atom is -0.358 e. The molecule has 21 heavy (non-hydrogen) atoms. The van der Waals surface area contributed by atoms with Gasteiger partial charge in [-0.15, -0.1) is 0 Å². The Bertz CT molecular complexity index is 666. The van der Waals surface area contributed by atoms with Crippen LogP contribution in [0.3, 0.4) is 0 Å². The zero-order chi connectivity index (χ0) is 15.0. The van der Waals surface area contributed by atoms with Crippen LogP contribution in [0.15, 0.2) is 24.4 Å². The van der Waals surface area contributed by atoms with Crippen LogP contribution in [0.5, 0.6) is 0 Å². The standard InChI is InChI=1S/C14H19N5O2/c1-10(15)11-5-7-17(8-11)9-12-14(19(20)21)18-6-3-2-4-13(18)16-12/h2-4,6,10-11H,5,7-9,15H2,1H3. The van der Waals surface area contributed by atoms with Gasteiger partial charge in [0.2, 0.25) is 5.65 Å². The molecule has 2 unspecified atom stereocenters. The average Bonchev–Trinajstić information content (AvgIpc) is 3.02. The van der Waals surface area contributed by atoms with Crippen molar-refractivity contribution in [3.05, 3.63) is 40.2 Å². The molecule has 3 rings (SSSR count). The van der Waals surface area contributed by atoms with Gasteiger partial charge in [0.15, 0.2) is 5.69 Å². The molecule has 112 valence electrons. The van der Waals surface area contributed by atoms with Crippen molar-refractivity contribution in [2.75, 3.05) is 13.1 Å². The molecule has 0 aromatic carbocycles. The molecule has 0 aliphatic carbocycles. The van der Waals surface area contributed by atoms with Crippen molar-refractivity contribution in [1.29, 1.82) is 0 Å². The van der Waals surface area contributed by atoms with Gasteiger partial charge < -0.3 is 15.8 Å². The lowest BCUT2D eigenvalue weighted by atomic mass is 10.0. The molecule has 7 heteroatoms. The first-order chi connectivity index (χ1) is 10.1. The minimum absolute atomic E-state index is 0.0647.